The normalized spacial score (nSPS) is 12.3. The Hall–Kier alpha value is -0.570. The third kappa shape index (κ3) is 2.51. The van der Waals surface area contributed by atoms with E-state index in [-0.39, 0.29) is 0 Å². The Balaban J connectivity index is 2.48. The van der Waals surface area contributed by atoms with Crippen LogP contribution in [-0.4, -0.2) is 10.7 Å². The van der Waals surface area contributed by atoms with Gasteiger partial charge in [0.1, 0.15) is 0 Å². The number of fused-ring (bicyclic) bond motifs is 1. The minimum Gasteiger partial charge on any atom is -0.390 e. The molecule has 3 heteroatoms. The van der Waals surface area contributed by atoms with Crippen LogP contribution in [0.5, 0.6) is 0 Å². The number of halogens is 1. The van der Waals surface area contributed by atoms with Gasteiger partial charge in [-0.25, -0.2) is 0 Å². The fraction of sp³-hybridized carbons (Fsp3) is 0.333. The molecule has 0 radical (unpaired) electrons. The molecule has 0 bridgehead atoms. The van der Waals surface area contributed by atoms with Gasteiger partial charge in [0.25, 0.3) is 0 Å². The molecule has 1 nitrogen and oxygen atoms in total. The van der Waals surface area contributed by atoms with Crippen molar-refractivity contribution in [1.29, 1.82) is 0 Å². The van der Waals surface area contributed by atoms with Crippen molar-refractivity contribution in [3.05, 3.63) is 34.2 Å². The van der Waals surface area contributed by atoms with Crippen molar-refractivity contribution in [3.8, 4) is 0 Å². The van der Waals surface area contributed by atoms with Crippen molar-refractivity contribution in [2.24, 2.45) is 0 Å². The van der Waals surface area contributed by atoms with E-state index in [1.807, 2.05) is 32.0 Å². The predicted octanol–water partition coefficient (Wildman–Crippen LogP) is 3.87. The van der Waals surface area contributed by atoms with Gasteiger partial charge in [-0.2, -0.15) is 0 Å². The fourth-order valence-electron chi connectivity index (χ4n) is 1.66. The lowest BCUT2D eigenvalue weighted by Gasteiger charge is -2.16. The van der Waals surface area contributed by atoms with Crippen molar-refractivity contribution in [2.75, 3.05) is 0 Å². The van der Waals surface area contributed by atoms with Gasteiger partial charge in [-0.05, 0) is 48.4 Å². The molecule has 0 aliphatic heterocycles. The molecule has 0 aliphatic rings. The summed E-state index contributed by atoms with van der Waals surface area (Å²) in [5.41, 5.74) is 0.501. The van der Waals surface area contributed by atoms with E-state index < -0.39 is 5.60 Å². The summed E-state index contributed by atoms with van der Waals surface area (Å²) in [6, 6.07) is 5.89. The van der Waals surface area contributed by atoms with Crippen molar-refractivity contribution in [1.82, 2.24) is 0 Å². The molecule has 0 saturated carbocycles. The van der Waals surface area contributed by atoms with Crippen molar-refractivity contribution in [2.45, 2.75) is 25.9 Å². The Labute approximate surface area is 98.3 Å². The molecule has 0 amide bonds. The Morgan fingerprint density at radius 1 is 1.40 bits per heavy atom. The summed E-state index contributed by atoms with van der Waals surface area (Å²) in [6.07, 6.45) is 0.660. The van der Waals surface area contributed by atoms with Crippen molar-refractivity contribution < 1.29 is 5.11 Å². The highest BCUT2D eigenvalue weighted by molar-refractivity contribution is 7.17. The maximum Gasteiger partial charge on any atom is 0.0632 e. The molecule has 0 atom stereocenters. The van der Waals surface area contributed by atoms with Gasteiger partial charge in [-0.3, -0.25) is 0 Å². The molecule has 0 aliphatic carbocycles. The zero-order valence-corrected chi connectivity index (χ0v) is 10.3. The number of rotatable bonds is 2. The molecule has 0 fully saturated rings. The predicted molar refractivity (Wildman–Crippen MR) is 66.8 cm³/mol. The first kappa shape index (κ1) is 10.9. The van der Waals surface area contributed by atoms with E-state index >= 15 is 0 Å². The molecular weight excluding hydrogens is 228 g/mol. The van der Waals surface area contributed by atoms with Gasteiger partial charge in [-0.1, -0.05) is 11.6 Å². The average Bonchev–Trinajstić information content (AvgIpc) is 2.46. The maximum absolute atomic E-state index is 9.79. The summed E-state index contributed by atoms with van der Waals surface area (Å²) >= 11 is 7.65. The summed E-state index contributed by atoms with van der Waals surface area (Å²) in [4.78, 5) is 0. The summed E-state index contributed by atoms with van der Waals surface area (Å²) in [6.45, 7) is 3.64. The largest absolute Gasteiger partial charge is 0.390 e. The fourth-order valence-corrected chi connectivity index (χ4v) is 2.77. The van der Waals surface area contributed by atoms with E-state index in [2.05, 4.69) is 5.38 Å². The molecule has 15 heavy (non-hydrogen) atoms. The standard InChI is InChI=1S/C12H13ClOS/c1-12(2,14)6-8-7-15-11-4-3-9(13)5-10(8)11/h3-5,7,14H,6H2,1-2H3. The van der Waals surface area contributed by atoms with Gasteiger partial charge >= 0.3 is 0 Å². The van der Waals surface area contributed by atoms with Crippen molar-refractivity contribution >= 4 is 33.0 Å². The zero-order chi connectivity index (χ0) is 11.1. The number of thiophene rings is 1. The molecule has 1 aromatic carbocycles. The highest BCUT2D eigenvalue weighted by atomic mass is 35.5. The van der Waals surface area contributed by atoms with Crippen LogP contribution in [-0.2, 0) is 6.42 Å². The summed E-state index contributed by atoms with van der Waals surface area (Å²) in [7, 11) is 0. The van der Waals surface area contributed by atoms with Crippen LogP contribution >= 0.6 is 22.9 Å². The summed E-state index contributed by atoms with van der Waals surface area (Å²) in [5.74, 6) is 0. The summed E-state index contributed by atoms with van der Waals surface area (Å²) in [5, 5.41) is 13.8. The van der Waals surface area contributed by atoms with E-state index in [4.69, 9.17) is 11.6 Å². The minimum absolute atomic E-state index is 0.660. The van der Waals surface area contributed by atoms with Gasteiger partial charge < -0.3 is 5.11 Å². The molecule has 80 valence electrons. The van der Waals surface area contributed by atoms with E-state index in [9.17, 15) is 5.11 Å². The minimum atomic E-state index is -0.670. The first-order chi connectivity index (χ1) is 6.96. The SMILES string of the molecule is CC(C)(O)Cc1csc2ccc(Cl)cc12. The van der Waals surface area contributed by atoms with Crippen LogP contribution in [0, 0.1) is 0 Å². The number of benzene rings is 1. The number of hydrogen-bond donors (Lipinski definition) is 1. The van der Waals surface area contributed by atoms with Crippen LogP contribution in [0.15, 0.2) is 23.6 Å². The van der Waals surface area contributed by atoms with Gasteiger partial charge in [0.15, 0.2) is 0 Å². The second-order valence-corrected chi connectivity index (χ2v) is 5.74. The van der Waals surface area contributed by atoms with Crippen LogP contribution in [0.2, 0.25) is 5.02 Å². The lowest BCUT2D eigenvalue weighted by Crippen LogP contribution is -2.21. The molecule has 1 aromatic heterocycles. The molecule has 0 spiro atoms. The van der Waals surface area contributed by atoms with Gasteiger partial charge in [0, 0.05) is 16.1 Å². The van der Waals surface area contributed by atoms with Crippen LogP contribution < -0.4 is 0 Å². The van der Waals surface area contributed by atoms with E-state index in [1.54, 1.807) is 11.3 Å². The Bertz CT molecular complexity index is 482. The topological polar surface area (TPSA) is 20.2 Å². The Kier molecular flexibility index (Phi) is 2.75. The van der Waals surface area contributed by atoms with Crippen LogP contribution in [0.25, 0.3) is 10.1 Å². The van der Waals surface area contributed by atoms with Crippen LogP contribution in [0.1, 0.15) is 19.4 Å². The molecular formula is C12H13ClOS. The second kappa shape index (κ2) is 3.78. The quantitative estimate of drug-likeness (QED) is 0.845. The Morgan fingerprint density at radius 2 is 2.13 bits per heavy atom. The molecule has 0 saturated heterocycles. The van der Waals surface area contributed by atoms with E-state index in [0.29, 0.717) is 6.42 Å². The lowest BCUT2D eigenvalue weighted by molar-refractivity contribution is 0.0814. The molecule has 0 unspecified atom stereocenters. The Morgan fingerprint density at radius 3 is 2.80 bits per heavy atom. The van der Waals surface area contributed by atoms with Gasteiger partial charge in [-0.15, -0.1) is 11.3 Å². The zero-order valence-electron chi connectivity index (χ0n) is 8.75. The van der Waals surface area contributed by atoms with Crippen LogP contribution in [0.4, 0.5) is 0 Å². The molecule has 2 aromatic rings. The molecule has 2 rings (SSSR count). The first-order valence-electron chi connectivity index (χ1n) is 4.84. The third-order valence-electron chi connectivity index (χ3n) is 2.24. The highest BCUT2D eigenvalue weighted by Crippen LogP contribution is 2.30. The first-order valence-corrected chi connectivity index (χ1v) is 6.09. The average molecular weight is 241 g/mol. The maximum atomic E-state index is 9.79. The van der Waals surface area contributed by atoms with E-state index in [0.717, 1.165) is 10.4 Å². The van der Waals surface area contributed by atoms with E-state index in [1.165, 1.54) is 10.3 Å². The molecule has 1 N–H and O–H groups in total. The third-order valence-corrected chi connectivity index (χ3v) is 3.49. The second-order valence-electron chi connectivity index (χ2n) is 4.39. The van der Waals surface area contributed by atoms with Crippen LogP contribution in [0.3, 0.4) is 0 Å². The number of aliphatic hydroxyl groups is 1. The molecule has 1 heterocycles. The van der Waals surface area contributed by atoms with Gasteiger partial charge in [0.05, 0.1) is 5.60 Å². The number of hydrogen-bond acceptors (Lipinski definition) is 2. The lowest BCUT2D eigenvalue weighted by atomic mass is 9.98. The van der Waals surface area contributed by atoms with Crippen molar-refractivity contribution in [3.63, 3.8) is 0 Å². The summed E-state index contributed by atoms with van der Waals surface area (Å²) < 4.78 is 1.22. The highest BCUT2D eigenvalue weighted by Gasteiger charge is 2.16. The van der Waals surface area contributed by atoms with Gasteiger partial charge in [0.2, 0.25) is 0 Å². The smallest absolute Gasteiger partial charge is 0.0632 e. The monoisotopic (exact) mass is 240 g/mol.